The van der Waals surface area contributed by atoms with Gasteiger partial charge in [0.05, 0.1) is 16.7 Å². The summed E-state index contributed by atoms with van der Waals surface area (Å²) in [5.74, 6) is -0.207. The molecule has 150 valence electrons. The van der Waals surface area contributed by atoms with Crippen molar-refractivity contribution in [2.24, 2.45) is 5.41 Å². The largest absolute Gasteiger partial charge is 0.378 e. The monoisotopic (exact) mass is 402 g/mol. The molecule has 0 bridgehead atoms. The molecule has 0 N–H and O–H groups in total. The molecular weight excluding hydrogens is 376 g/mol. The van der Waals surface area contributed by atoms with Crippen LogP contribution in [0.5, 0.6) is 0 Å². The van der Waals surface area contributed by atoms with Crippen molar-refractivity contribution in [3.8, 4) is 0 Å². The number of hydrogen-bond donors (Lipinski definition) is 0. The fourth-order valence-corrected chi connectivity index (χ4v) is 6.20. The number of ether oxygens (including phenoxy) is 1. The number of rotatable bonds is 5. The summed E-state index contributed by atoms with van der Waals surface area (Å²) in [6, 6.07) is 10.7. The Bertz CT molecular complexity index is 1040. The minimum absolute atomic E-state index is 0.0278. The summed E-state index contributed by atoms with van der Waals surface area (Å²) in [4.78, 5) is 15.0. The van der Waals surface area contributed by atoms with Gasteiger partial charge in [0.1, 0.15) is 6.54 Å². The standard InChI is InChI=1S/C21H26N2O4S/c1-5-27-18-12-17(21(18,2)3)22(4)19(24)13-23-15-10-6-8-14-9-7-11-16(20(14)15)28(23,25)26/h6-11,17-18H,5,12-13H2,1-4H3/t17-,18+/m1/s1. The van der Waals surface area contributed by atoms with Gasteiger partial charge in [-0.2, -0.15) is 0 Å². The van der Waals surface area contributed by atoms with Crippen molar-refractivity contribution in [3.63, 3.8) is 0 Å². The molecule has 2 aromatic carbocycles. The summed E-state index contributed by atoms with van der Waals surface area (Å²) in [7, 11) is -1.97. The number of nitrogens with zero attached hydrogens (tertiary/aromatic N) is 2. The van der Waals surface area contributed by atoms with Gasteiger partial charge in [-0.15, -0.1) is 0 Å². The summed E-state index contributed by atoms with van der Waals surface area (Å²) in [5.41, 5.74) is 0.419. The molecule has 0 saturated heterocycles. The van der Waals surface area contributed by atoms with Crippen LogP contribution in [0, 0.1) is 5.41 Å². The number of amides is 1. The Balaban J connectivity index is 1.59. The van der Waals surface area contributed by atoms with E-state index in [1.54, 1.807) is 30.1 Å². The van der Waals surface area contributed by atoms with Gasteiger partial charge in [-0.05, 0) is 30.9 Å². The normalized spacial score (nSPS) is 24.2. The number of sulfonamides is 1. The lowest BCUT2D eigenvalue weighted by Gasteiger charge is -2.54. The molecule has 6 nitrogen and oxygen atoms in total. The Morgan fingerprint density at radius 1 is 1.25 bits per heavy atom. The Labute approximate surface area is 166 Å². The zero-order valence-corrected chi connectivity index (χ0v) is 17.5. The number of benzene rings is 2. The van der Waals surface area contributed by atoms with Gasteiger partial charge in [0.25, 0.3) is 10.0 Å². The molecule has 28 heavy (non-hydrogen) atoms. The first-order chi connectivity index (χ1) is 13.2. The van der Waals surface area contributed by atoms with Crippen LogP contribution in [0.2, 0.25) is 0 Å². The van der Waals surface area contributed by atoms with Crippen molar-refractivity contribution in [1.29, 1.82) is 0 Å². The molecule has 1 heterocycles. The van der Waals surface area contributed by atoms with E-state index < -0.39 is 10.0 Å². The molecule has 2 atom stereocenters. The fourth-order valence-electron chi connectivity index (χ4n) is 4.54. The number of likely N-dealkylation sites (N-methyl/N-ethyl adjacent to an activating group) is 1. The maximum absolute atomic E-state index is 13.1. The second-order valence-corrected chi connectivity index (χ2v) is 10.00. The topological polar surface area (TPSA) is 66.9 Å². The summed E-state index contributed by atoms with van der Waals surface area (Å²) >= 11 is 0. The van der Waals surface area contributed by atoms with Crippen LogP contribution >= 0.6 is 0 Å². The second-order valence-electron chi connectivity index (χ2n) is 8.16. The van der Waals surface area contributed by atoms with E-state index in [0.717, 1.165) is 11.8 Å². The van der Waals surface area contributed by atoms with Crippen molar-refractivity contribution >= 4 is 32.4 Å². The van der Waals surface area contributed by atoms with Crippen LogP contribution in [0.4, 0.5) is 5.69 Å². The van der Waals surface area contributed by atoms with Crippen molar-refractivity contribution in [3.05, 3.63) is 36.4 Å². The van der Waals surface area contributed by atoms with E-state index in [-0.39, 0.29) is 34.9 Å². The average molecular weight is 403 g/mol. The van der Waals surface area contributed by atoms with Crippen molar-refractivity contribution in [2.45, 2.75) is 44.2 Å². The predicted molar refractivity (Wildman–Crippen MR) is 109 cm³/mol. The SMILES string of the molecule is CCO[C@H]1C[C@@H](N(C)C(=O)CN2c3cccc4cccc(c34)S2(=O)=O)C1(C)C. The van der Waals surface area contributed by atoms with Gasteiger partial charge in [-0.3, -0.25) is 9.10 Å². The van der Waals surface area contributed by atoms with Crippen LogP contribution in [-0.4, -0.2) is 51.6 Å². The van der Waals surface area contributed by atoms with Gasteiger partial charge in [0.15, 0.2) is 0 Å². The van der Waals surface area contributed by atoms with Crippen molar-refractivity contribution < 1.29 is 17.9 Å². The number of hydrogen-bond acceptors (Lipinski definition) is 4. The van der Waals surface area contributed by atoms with E-state index in [1.807, 2.05) is 25.1 Å². The molecule has 0 radical (unpaired) electrons. The van der Waals surface area contributed by atoms with Gasteiger partial charge in [-0.25, -0.2) is 8.42 Å². The van der Waals surface area contributed by atoms with E-state index in [4.69, 9.17) is 4.74 Å². The summed E-state index contributed by atoms with van der Waals surface area (Å²) < 4.78 is 33.2. The predicted octanol–water partition coefficient (Wildman–Crippen LogP) is 3.01. The molecule has 1 amide bonds. The van der Waals surface area contributed by atoms with Gasteiger partial charge in [0, 0.05) is 30.5 Å². The van der Waals surface area contributed by atoms with E-state index in [1.165, 1.54) is 4.31 Å². The minimum Gasteiger partial charge on any atom is -0.378 e. The van der Waals surface area contributed by atoms with Crippen LogP contribution in [0.3, 0.4) is 0 Å². The summed E-state index contributed by atoms with van der Waals surface area (Å²) in [6.45, 7) is 6.60. The Morgan fingerprint density at radius 3 is 2.57 bits per heavy atom. The van der Waals surface area contributed by atoms with Crippen LogP contribution < -0.4 is 4.31 Å². The Hall–Kier alpha value is -2.12. The smallest absolute Gasteiger partial charge is 0.265 e. The van der Waals surface area contributed by atoms with Gasteiger partial charge >= 0.3 is 0 Å². The summed E-state index contributed by atoms with van der Waals surface area (Å²) in [6.07, 6.45) is 0.886. The van der Waals surface area contributed by atoms with Gasteiger partial charge in [0.2, 0.25) is 5.91 Å². The first-order valence-electron chi connectivity index (χ1n) is 9.61. The number of carbonyl (C=O) groups is 1. The Morgan fingerprint density at radius 2 is 1.93 bits per heavy atom. The van der Waals surface area contributed by atoms with E-state index in [2.05, 4.69) is 13.8 Å². The first kappa shape index (κ1) is 19.2. The van der Waals surface area contributed by atoms with Crippen LogP contribution in [-0.2, 0) is 19.6 Å². The van der Waals surface area contributed by atoms with Crippen LogP contribution in [0.25, 0.3) is 10.8 Å². The van der Waals surface area contributed by atoms with E-state index >= 15 is 0 Å². The molecule has 1 aliphatic carbocycles. The first-order valence-corrected chi connectivity index (χ1v) is 11.0. The van der Waals surface area contributed by atoms with Gasteiger partial charge < -0.3 is 9.64 Å². The Kier molecular flexibility index (Phi) is 4.43. The third-order valence-electron chi connectivity index (χ3n) is 6.31. The molecule has 1 fully saturated rings. The zero-order valence-electron chi connectivity index (χ0n) is 16.7. The van der Waals surface area contributed by atoms with Crippen molar-refractivity contribution in [1.82, 2.24) is 4.90 Å². The fraction of sp³-hybridized carbons (Fsp3) is 0.476. The number of anilines is 1. The highest BCUT2D eigenvalue weighted by Gasteiger charge is 2.52. The maximum Gasteiger partial charge on any atom is 0.265 e. The molecular formula is C21H26N2O4S. The second kappa shape index (κ2) is 6.46. The van der Waals surface area contributed by atoms with E-state index in [9.17, 15) is 13.2 Å². The van der Waals surface area contributed by atoms with Crippen LogP contribution in [0.15, 0.2) is 41.3 Å². The lowest BCUT2D eigenvalue weighted by Crippen LogP contribution is -2.63. The molecule has 2 aliphatic rings. The molecule has 4 rings (SSSR count). The number of carbonyl (C=O) groups excluding carboxylic acids is 1. The molecule has 0 spiro atoms. The molecule has 1 aliphatic heterocycles. The zero-order chi connectivity index (χ0) is 20.3. The lowest BCUT2D eigenvalue weighted by molar-refractivity contribution is -0.162. The third kappa shape index (κ3) is 2.63. The third-order valence-corrected chi connectivity index (χ3v) is 8.12. The molecule has 2 aromatic rings. The van der Waals surface area contributed by atoms with E-state index in [0.29, 0.717) is 17.7 Å². The minimum atomic E-state index is -3.73. The quantitative estimate of drug-likeness (QED) is 0.771. The van der Waals surface area contributed by atoms with Crippen molar-refractivity contribution in [2.75, 3.05) is 24.5 Å². The average Bonchev–Trinajstić information content (AvgIpc) is 2.87. The summed E-state index contributed by atoms with van der Waals surface area (Å²) in [5, 5.41) is 1.56. The molecule has 1 saturated carbocycles. The van der Waals surface area contributed by atoms with Crippen LogP contribution in [0.1, 0.15) is 27.2 Å². The molecule has 7 heteroatoms. The maximum atomic E-state index is 13.1. The lowest BCUT2D eigenvalue weighted by atomic mass is 9.64. The molecule has 0 unspecified atom stereocenters. The highest BCUT2D eigenvalue weighted by atomic mass is 32.2. The highest BCUT2D eigenvalue weighted by molar-refractivity contribution is 7.93. The molecule has 0 aromatic heterocycles. The highest BCUT2D eigenvalue weighted by Crippen LogP contribution is 2.46. The van der Waals surface area contributed by atoms with Gasteiger partial charge in [-0.1, -0.05) is 38.1 Å².